The molecule has 1 aliphatic rings. The average molecular weight is 975 g/mol. The van der Waals surface area contributed by atoms with Crippen molar-refractivity contribution in [1.82, 2.24) is 38.5 Å². The second kappa shape index (κ2) is 16.5. The van der Waals surface area contributed by atoms with Gasteiger partial charge in [-0.3, -0.25) is 9.13 Å². The number of aromatic nitrogens is 7. The Kier molecular flexibility index (Phi) is 9.16. The van der Waals surface area contributed by atoms with Crippen molar-refractivity contribution < 1.29 is 0 Å². The number of para-hydroxylation sites is 5. The third kappa shape index (κ3) is 6.24. The van der Waals surface area contributed by atoms with Gasteiger partial charge < -0.3 is 14.5 Å². The fourth-order valence-electron chi connectivity index (χ4n) is 11.9. The highest BCUT2D eigenvalue weighted by atomic mass is 15.3. The molecule has 5 aromatic heterocycles. The minimum absolute atomic E-state index is 0.500. The van der Waals surface area contributed by atoms with E-state index in [0.29, 0.717) is 23.6 Å². The molecule has 356 valence electrons. The molecule has 0 aliphatic carbocycles. The summed E-state index contributed by atoms with van der Waals surface area (Å²) in [5, 5.41) is 12.6. The SMILES string of the molecule is c1ccc(C2=NC(n3c4ccccc4c4c5c(ccc43)c3ccccc3n5-c3nc(-c4ccccc4)nc(-n4c5ccccc5c5ccc6c7ccccc7n(-c7ccccc7)c6c54)n3)NC(c3ccccc3)=N2)cc1. The summed E-state index contributed by atoms with van der Waals surface area (Å²) in [5.41, 5.74) is 12.1. The molecule has 1 N–H and O–H groups in total. The Balaban J connectivity index is 1.01. The molecule has 76 heavy (non-hydrogen) atoms. The molecular weight excluding hydrogens is 933 g/mol. The summed E-state index contributed by atoms with van der Waals surface area (Å²) in [7, 11) is 0. The van der Waals surface area contributed by atoms with Crippen LogP contribution in [0.4, 0.5) is 0 Å². The Morgan fingerprint density at radius 1 is 0.329 bits per heavy atom. The van der Waals surface area contributed by atoms with Gasteiger partial charge in [-0.25, -0.2) is 9.98 Å². The highest BCUT2D eigenvalue weighted by molar-refractivity contribution is 6.27. The topological polar surface area (TPSA) is 95.1 Å². The van der Waals surface area contributed by atoms with E-state index >= 15 is 0 Å². The van der Waals surface area contributed by atoms with E-state index in [0.717, 1.165) is 110 Å². The van der Waals surface area contributed by atoms with Crippen molar-refractivity contribution in [2.75, 3.05) is 0 Å². The van der Waals surface area contributed by atoms with Crippen LogP contribution in [0.2, 0.25) is 0 Å². The maximum atomic E-state index is 5.72. The first-order valence-corrected chi connectivity index (χ1v) is 25.6. The highest BCUT2D eigenvalue weighted by Crippen LogP contribution is 2.44. The molecule has 0 radical (unpaired) electrons. The molecule has 1 unspecified atom stereocenters. The molecule has 0 saturated heterocycles. The number of aliphatic imine (C=N–C) groups is 2. The predicted molar refractivity (Wildman–Crippen MR) is 309 cm³/mol. The van der Waals surface area contributed by atoms with E-state index in [1.54, 1.807) is 0 Å². The van der Waals surface area contributed by atoms with Crippen molar-refractivity contribution in [3.05, 3.63) is 254 Å². The zero-order valence-electron chi connectivity index (χ0n) is 40.7. The molecule has 10 aromatic carbocycles. The summed E-state index contributed by atoms with van der Waals surface area (Å²) < 4.78 is 9.23. The molecular formula is C66H42N10. The van der Waals surface area contributed by atoms with Gasteiger partial charge in [0.05, 0.1) is 44.1 Å². The summed E-state index contributed by atoms with van der Waals surface area (Å²) >= 11 is 0. The molecule has 10 heteroatoms. The molecule has 10 nitrogen and oxygen atoms in total. The van der Waals surface area contributed by atoms with Crippen molar-refractivity contribution >= 4 is 98.9 Å². The largest absolute Gasteiger partial charge is 0.331 e. The van der Waals surface area contributed by atoms with Crippen molar-refractivity contribution in [3.63, 3.8) is 0 Å². The molecule has 16 rings (SSSR count). The molecule has 0 spiro atoms. The van der Waals surface area contributed by atoms with Crippen LogP contribution >= 0.6 is 0 Å². The van der Waals surface area contributed by atoms with E-state index in [4.69, 9.17) is 24.9 Å². The number of nitrogens with one attached hydrogen (secondary N) is 1. The van der Waals surface area contributed by atoms with E-state index in [1.807, 2.05) is 54.6 Å². The standard InChI is InChI=1S/C66H42N10/c1-5-21-41(22-6-1)61-67-62(42-23-7-2-8-24-42)69-64(68-61)74-55-36-20-16-32-51(55)57-56(74)40-39-48-45-29-14-18-34-53(45)75(58(48)57)65-70-63(43-25-9-3-10-26-43)71-66(72-65)76-54-35-19-15-31-47(54)50-38-37-49-46-30-13-17-33-52(46)73(59(49)60(50)76)44-27-11-4-12-28-44/h1-40,64H,(H,67,68,69). The molecule has 0 fully saturated rings. The third-order valence-electron chi connectivity index (χ3n) is 15.1. The van der Waals surface area contributed by atoms with Crippen LogP contribution in [-0.4, -0.2) is 44.9 Å². The lowest BCUT2D eigenvalue weighted by Gasteiger charge is -2.25. The Bertz CT molecular complexity index is 4890. The highest BCUT2D eigenvalue weighted by Gasteiger charge is 2.29. The van der Waals surface area contributed by atoms with E-state index in [9.17, 15) is 0 Å². The number of fused-ring (bicyclic) bond motifs is 14. The predicted octanol–water partition coefficient (Wildman–Crippen LogP) is 14.9. The Hall–Kier alpha value is -10.5. The quantitative estimate of drug-likeness (QED) is 0.172. The molecule has 0 bridgehead atoms. The second-order valence-electron chi connectivity index (χ2n) is 19.3. The van der Waals surface area contributed by atoms with E-state index in [-0.39, 0.29) is 0 Å². The van der Waals surface area contributed by atoms with Crippen molar-refractivity contribution in [2.24, 2.45) is 9.98 Å². The van der Waals surface area contributed by atoms with Gasteiger partial charge in [0.1, 0.15) is 5.84 Å². The fraction of sp³-hybridized carbons (Fsp3) is 0.0152. The summed E-state index contributed by atoms with van der Waals surface area (Å²) in [6.07, 6.45) is -0.548. The van der Waals surface area contributed by atoms with Gasteiger partial charge in [-0.05, 0) is 42.5 Å². The Morgan fingerprint density at radius 2 is 0.776 bits per heavy atom. The van der Waals surface area contributed by atoms with Crippen LogP contribution in [0.15, 0.2) is 253 Å². The van der Waals surface area contributed by atoms with Gasteiger partial charge in [-0.15, -0.1) is 0 Å². The molecule has 0 saturated carbocycles. The number of rotatable bonds is 7. The van der Waals surface area contributed by atoms with E-state index in [1.165, 1.54) is 5.39 Å². The lowest BCUT2D eigenvalue weighted by atomic mass is 10.1. The molecule has 6 heterocycles. The van der Waals surface area contributed by atoms with Crippen LogP contribution in [-0.2, 0) is 0 Å². The van der Waals surface area contributed by atoms with Crippen LogP contribution in [0, 0.1) is 0 Å². The lowest BCUT2D eigenvalue weighted by molar-refractivity contribution is 0.516. The van der Waals surface area contributed by atoms with Crippen LogP contribution in [0.1, 0.15) is 17.4 Å². The summed E-state index contributed by atoms with van der Waals surface area (Å²) in [6.45, 7) is 0. The number of hydrogen-bond donors (Lipinski definition) is 1. The number of benzene rings is 10. The van der Waals surface area contributed by atoms with Gasteiger partial charge >= 0.3 is 0 Å². The third-order valence-corrected chi connectivity index (χ3v) is 15.1. The minimum Gasteiger partial charge on any atom is -0.331 e. The van der Waals surface area contributed by atoms with Crippen LogP contribution in [0.3, 0.4) is 0 Å². The Labute approximate surface area is 434 Å². The van der Waals surface area contributed by atoms with Gasteiger partial charge in [0, 0.05) is 65.5 Å². The molecule has 15 aromatic rings. The number of amidine groups is 2. The first-order chi connectivity index (χ1) is 37.7. The van der Waals surface area contributed by atoms with Crippen molar-refractivity contribution in [3.8, 4) is 29.0 Å². The first-order valence-electron chi connectivity index (χ1n) is 25.6. The summed E-state index contributed by atoms with van der Waals surface area (Å²) in [5.74, 6) is 2.97. The fourth-order valence-corrected chi connectivity index (χ4v) is 11.9. The minimum atomic E-state index is -0.548. The smallest absolute Gasteiger partial charge is 0.240 e. The summed E-state index contributed by atoms with van der Waals surface area (Å²) in [6, 6.07) is 84.9. The van der Waals surface area contributed by atoms with E-state index in [2.05, 4.69) is 212 Å². The zero-order chi connectivity index (χ0) is 49.8. The van der Waals surface area contributed by atoms with Crippen molar-refractivity contribution in [1.29, 1.82) is 0 Å². The maximum absolute atomic E-state index is 5.72. The normalized spacial score (nSPS) is 13.9. The molecule has 1 atom stereocenters. The zero-order valence-corrected chi connectivity index (χ0v) is 40.7. The van der Waals surface area contributed by atoms with Crippen LogP contribution in [0.5, 0.6) is 0 Å². The van der Waals surface area contributed by atoms with Crippen LogP contribution < -0.4 is 5.32 Å². The second-order valence-corrected chi connectivity index (χ2v) is 19.3. The maximum Gasteiger partial charge on any atom is 0.240 e. The monoisotopic (exact) mass is 974 g/mol. The van der Waals surface area contributed by atoms with Crippen LogP contribution in [0.25, 0.3) is 116 Å². The van der Waals surface area contributed by atoms with Gasteiger partial charge in [0.15, 0.2) is 11.7 Å². The lowest BCUT2D eigenvalue weighted by Crippen LogP contribution is -2.36. The van der Waals surface area contributed by atoms with Gasteiger partial charge in [0.25, 0.3) is 0 Å². The Morgan fingerprint density at radius 3 is 1.38 bits per heavy atom. The van der Waals surface area contributed by atoms with Gasteiger partial charge in [0.2, 0.25) is 18.2 Å². The molecule has 0 amide bonds. The van der Waals surface area contributed by atoms with Crippen molar-refractivity contribution in [2.45, 2.75) is 6.29 Å². The molecule has 1 aliphatic heterocycles. The first kappa shape index (κ1) is 42.1. The number of hydrogen-bond acceptors (Lipinski definition) is 6. The van der Waals surface area contributed by atoms with Gasteiger partial charge in [-0.2, -0.15) is 15.0 Å². The van der Waals surface area contributed by atoms with Gasteiger partial charge in [-0.1, -0.05) is 200 Å². The summed E-state index contributed by atoms with van der Waals surface area (Å²) in [4.78, 5) is 27.3. The number of nitrogens with zero attached hydrogens (tertiary/aromatic N) is 9. The average Bonchev–Trinajstić information content (AvgIpc) is 4.37. The van der Waals surface area contributed by atoms with E-state index < -0.39 is 6.29 Å².